The highest BCUT2D eigenvalue weighted by atomic mass is 16.5. The Balaban J connectivity index is 1.72. The highest BCUT2D eigenvalue weighted by molar-refractivity contribution is 5.86. The van der Waals surface area contributed by atoms with E-state index in [1.807, 2.05) is 63.2 Å². The molecule has 6 heteroatoms. The highest BCUT2D eigenvalue weighted by Crippen LogP contribution is 2.19. The second-order valence-electron chi connectivity index (χ2n) is 8.80. The van der Waals surface area contributed by atoms with Gasteiger partial charge in [0.05, 0.1) is 25.3 Å². The summed E-state index contributed by atoms with van der Waals surface area (Å²) in [7, 11) is 0. The van der Waals surface area contributed by atoms with E-state index in [1.54, 1.807) is 16.1 Å². The molecule has 0 N–H and O–H groups in total. The van der Waals surface area contributed by atoms with Gasteiger partial charge in [-0.25, -0.2) is 0 Å². The topological polar surface area (TPSA) is 63.0 Å². The van der Waals surface area contributed by atoms with Gasteiger partial charge in [-0.05, 0) is 51.3 Å². The zero-order valence-corrected chi connectivity index (χ0v) is 18.2. The molecular formula is C24H32N2O4. The van der Waals surface area contributed by atoms with Gasteiger partial charge in [-0.1, -0.05) is 30.3 Å². The van der Waals surface area contributed by atoms with E-state index in [0.29, 0.717) is 13.1 Å². The van der Waals surface area contributed by atoms with Crippen LogP contribution in [0.1, 0.15) is 44.9 Å². The minimum atomic E-state index is -0.471. The van der Waals surface area contributed by atoms with Gasteiger partial charge in [0, 0.05) is 18.7 Å². The molecule has 0 aliphatic carbocycles. The van der Waals surface area contributed by atoms with Crippen molar-refractivity contribution in [3.05, 3.63) is 60.1 Å². The van der Waals surface area contributed by atoms with E-state index in [2.05, 4.69) is 0 Å². The van der Waals surface area contributed by atoms with Crippen molar-refractivity contribution >= 4 is 11.8 Å². The fourth-order valence-corrected chi connectivity index (χ4v) is 3.68. The lowest BCUT2D eigenvalue weighted by molar-refractivity contribution is -0.145. The lowest BCUT2D eigenvalue weighted by Gasteiger charge is -2.37. The average Bonchev–Trinajstić information content (AvgIpc) is 3.39. The summed E-state index contributed by atoms with van der Waals surface area (Å²) in [4.78, 5) is 29.8. The largest absolute Gasteiger partial charge is 0.467 e. The highest BCUT2D eigenvalue weighted by Gasteiger charge is 2.31. The number of nitrogens with zero attached hydrogens (tertiary/aromatic N) is 2. The first-order chi connectivity index (χ1) is 14.3. The quantitative estimate of drug-likeness (QED) is 0.664. The van der Waals surface area contributed by atoms with Gasteiger partial charge in [0.15, 0.2) is 0 Å². The Labute approximate surface area is 178 Å². The molecule has 0 bridgehead atoms. The van der Waals surface area contributed by atoms with E-state index in [0.717, 1.165) is 30.8 Å². The van der Waals surface area contributed by atoms with Crippen molar-refractivity contribution in [3.63, 3.8) is 0 Å². The number of carbonyl (C=O) groups excluding carboxylic acids is 2. The Morgan fingerprint density at radius 1 is 1.07 bits per heavy atom. The zero-order chi connectivity index (χ0) is 21.6. The number of amides is 2. The van der Waals surface area contributed by atoms with Gasteiger partial charge in [-0.3, -0.25) is 9.59 Å². The number of benzene rings is 1. The molecule has 1 unspecified atom stereocenters. The number of hydrogen-bond donors (Lipinski definition) is 0. The summed E-state index contributed by atoms with van der Waals surface area (Å²) >= 11 is 0. The van der Waals surface area contributed by atoms with E-state index >= 15 is 0 Å². The average molecular weight is 413 g/mol. The van der Waals surface area contributed by atoms with Gasteiger partial charge in [0.25, 0.3) is 0 Å². The van der Waals surface area contributed by atoms with Crippen LogP contribution in [0.3, 0.4) is 0 Å². The lowest BCUT2D eigenvalue weighted by atomic mass is 10.0. The molecule has 1 aliphatic rings. The number of ether oxygens (including phenoxy) is 1. The first-order valence-corrected chi connectivity index (χ1v) is 10.6. The maximum absolute atomic E-state index is 13.3. The van der Waals surface area contributed by atoms with Gasteiger partial charge >= 0.3 is 0 Å². The normalized spacial score (nSPS) is 16.4. The molecule has 2 heterocycles. The molecule has 6 nitrogen and oxygen atoms in total. The Hall–Kier alpha value is -2.60. The third-order valence-electron chi connectivity index (χ3n) is 5.33. The molecule has 2 aromatic rings. The van der Waals surface area contributed by atoms with Gasteiger partial charge in [-0.2, -0.15) is 0 Å². The van der Waals surface area contributed by atoms with Crippen molar-refractivity contribution in [2.75, 3.05) is 19.7 Å². The molecule has 1 aromatic heterocycles. The molecule has 3 rings (SSSR count). The van der Waals surface area contributed by atoms with Gasteiger partial charge < -0.3 is 19.0 Å². The maximum Gasteiger partial charge on any atom is 0.242 e. The summed E-state index contributed by atoms with van der Waals surface area (Å²) in [5.74, 6) is 0.564. The van der Waals surface area contributed by atoms with Crippen LogP contribution in [0.2, 0.25) is 0 Å². The number of furan rings is 1. The summed E-state index contributed by atoms with van der Waals surface area (Å²) in [6.07, 6.45) is 3.87. The Morgan fingerprint density at radius 3 is 2.43 bits per heavy atom. The molecule has 0 spiro atoms. The molecule has 1 aromatic carbocycles. The molecule has 30 heavy (non-hydrogen) atoms. The number of carbonyl (C=O) groups is 2. The van der Waals surface area contributed by atoms with E-state index in [-0.39, 0.29) is 30.9 Å². The van der Waals surface area contributed by atoms with Crippen molar-refractivity contribution in [3.8, 4) is 0 Å². The van der Waals surface area contributed by atoms with Crippen molar-refractivity contribution in [1.82, 2.24) is 9.80 Å². The van der Waals surface area contributed by atoms with Crippen LogP contribution in [0, 0.1) is 0 Å². The smallest absolute Gasteiger partial charge is 0.242 e. The van der Waals surface area contributed by atoms with Crippen molar-refractivity contribution < 1.29 is 18.7 Å². The molecule has 1 saturated heterocycles. The summed E-state index contributed by atoms with van der Waals surface area (Å²) in [5, 5.41) is 0. The van der Waals surface area contributed by atoms with Crippen LogP contribution in [-0.2, 0) is 27.3 Å². The first kappa shape index (κ1) is 22.1. The van der Waals surface area contributed by atoms with Crippen LogP contribution in [0.25, 0.3) is 0 Å². The summed E-state index contributed by atoms with van der Waals surface area (Å²) in [6.45, 7) is 7.51. The predicted octanol–water partition coefficient (Wildman–Crippen LogP) is 3.66. The molecule has 1 fully saturated rings. The molecule has 0 saturated carbocycles. The minimum Gasteiger partial charge on any atom is -0.467 e. The van der Waals surface area contributed by atoms with E-state index in [4.69, 9.17) is 9.15 Å². The van der Waals surface area contributed by atoms with E-state index in [1.165, 1.54) is 0 Å². The predicted molar refractivity (Wildman–Crippen MR) is 115 cm³/mol. The lowest BCUT2D eigenvalue weighted by Crippen LogP contribution is -2.52. The van der Waals surface area contributed by atoms with E-state index in [9.17, 15) is 9.59 Å². The molecule has 1 aliphatic heterocycles. The Bertz CT molecular complexity index is 805. The van der Waals surface area contributed by atoms with Gasteiger partial charge in [0.1, 0.15) is 12.3 Å². The fraction of sp³-hybridized carbons (Fsp3) is 0.500. The van der Waals surface area contributed by atoms with Crippen LogP contribution in [0.5, 0.6) is 0 Å². The van der Waals surface area contributed by atoms with Gasteiger partial charge in [-0.15, -0.1) is 0 Å². The van der Waals surface area contributed by atoms with Crippen LogP contribution in [-0.4, -0.2) is 53.0 Å². The van der Waals surface area contributed by atoms with Crippen molar-refractivity contribution in [1.29, 1.82) is 0 Å². The maximum atomic E-state index is 13.3. The second kappa shape index (κ2) is 9.94. The monoisotopic (exact) mass is 412 g/mol. The minimum absolute atomic E-state index is 0.0304. The van der Waals surface area contributed by atoms with E-state index < -0.39 is 5.54 Å². The molecule has 162 valence electrons. The SMILES string of the molecule is CC(C)(C)N(CC(=O)N(Cc1ccco1)CC1CCCO1)C(=O)Cc1ccccc1. The Morgan fingerprint density at radius 2 is 1.83 bits per heavy atom. The Kier molecular flexibility index (Phi) is 7.32. The summed E-state index contributed by atoms with van der Waals surface area (Å²) < 4.78 is 11.2. The zero-order valence-electron chi connectivity index (χ0n) is 18.2. The van der Waals surface area contributed by atoms with Gasteiger partial charge in [0.2, 0.25) is 11.8 Å². The fourth-order valence-electron chi connectivity index (χ4n) is 3.68. The standard InChI is InChI=1S/C24H32N2O4/c1-24(2,3)26(22(27)15-19-9-5-4-6-10-19)18-23(28)25(16-20-11-7-13-29-20)17-21-12-8-14-30-21/h4-7,9-11,13,21H,8,12,14-18H2,1-3H3. The van der Waals surface area contributed by atoms with Crippen LogP contribution in [0.15, 0.2) is 53.1 Å². The third kappa shape index (κ3) is 6.20. The molecule has 0 radical (unpaired) electrons. The van der Waals surface area contributed by atoms with Crippen molar-refractivity contribution in [2.24, 2.45) is 0 Å². The van der Waals surface area contributed by atoms with Crippen molar-refractivity contribution in [2.45, 2.75) is 58.2 Å². The number of rotatable bonds is 8. The third-order valence-corrected chi connectivity index (χ3v) is 5.33. The second-order valence-corrected chi connectivity index (χ2v) is 8.80. The summed E-state index contributed by atoms with van der Waals surface area (Å²) in [5.41, 5.74) is 0.470. The molecule has 1 atom stereocenters. The van der Waals surface area contributed by atoms with Crippen LogP contribution in [0.4, 0.5) is 0 Å². The van der Waals surface area contributed by atoms with Crippen LogP contribution >= 0.6 is 0 Å². The first-order valence-electron chi connectivity index (χ1n) is 10.6. The summed E-state index contributed by atoms with van der Waals surface area (Å²) in [6, 6.07) is 13.3. The number of hydrogen-bond acceptors (Lipinski definition) is 4. The van der Waals surface area contributed by atoms with Crippen LogP contribution < -0.4 is 0 Å². The molecule has 2 amide bonds. The molecular weight excluding hydrogens is 380 g/mol.